The fraction of sp³-hybridized carbons (Fsp3) is 0.250. The van der Waals surface area contributed by atoms with Crippen molar-refractivity contribution in [3.8, 4) is 6.07 Å². The Hall–Kier alpha value is -2.14. The van der Waals surface area contributed by atoms with Crippen LogP contribution in [0.25, 0.3) is 0 Å². The highest BCUT2D eigenvalue weighted by atomic mass is 19.3. The molecule has 0 radical (unpaired) electrons. The molecule has 0 amide bonds. The van der Waals surface area contributed by atoms with Gasteiger partial charge in [-0.3, -0.25) is 0 Å². The fourth-order valence-corrected chi connectivity index (χ4v) is 1.13. The van der Waals surface area contributed by atoms with Crippen LogP contribution in [0.15, 0.2) is 6.07 Å². The van der Waals surface area contributed by atoms with Crippen molar-refractivity contribution in [2.45, 2.75) is 13.0 Å². The van der Waals surface area contributed by atoms with Gasteiger partial charge in [0.05, 0.1) is 0 Å². The maximum Gasteiger partial charge on any atom is 0.381 e. The first-order valence-corrected chi connectivity index (χ1v) is 4.07. The van der Waals surface area contributed by atoms with Crippen LogP contribution in [0, 0.1) is 21.4 Å². The van der Waals surface area contributed by atoms with Gasteiger partial charge in [-0.2, -0.15) is 5.26 Å². The molecule has 0 spiro atoms. The van der Waals surface area contributed by atoms with E-state index in [4.69, 9.17) is 11.0 Å². The maximum atomic E-state index is 12.5. The number of rotatable bonds is 3. The normalized spacial score (nSPS) is 10.2. The molecule has 0 fully saturated rings. The quantitative estimate of drug-likeness (QED) is 0.619. The Morgan fingerprint density at radius 2 is 2.31 bits per heavy atom. The number of nitrogens with zero attached hydrogens (tertiary/aromatic N) is 3. The standard InChI is InChI=1S/C8H6F2N4O2/c9-7(10)6-4(2-11)1-5(3-12)8(13-6)14(15)16/h1,7H,2,11H2. The second-order valence-corrected chi connectivity index (χ2v) is 2.78. The Bertz CT molecular complexity index is 470. The van der Waals surface area contributed by atoms with Crippen molar-refractivity contribution in [1.29, 1.82) is 5.26 Å². The van der Waals surface area contributed by atoms with Crippen LogP contribution in [0.3, 0.4) is 0 Å². The average Bonchev–Trinajstić information content (AvgIpc) is 2.26. The van der Waals surface area contributed by atoms with E-state index in [0.717, 1.165) is 6.07 Å². The Balaban J connectivity index is 3.48. The van der Waals surface area contributed by atoms with E-state index in [9.17, 15) is 18.9 Å². The Kier molecular flexibility index (Phi) is 3.42. The molecule has 1 aromatic rings. The Labute approximate surface area is 88.5 Å². The second-order valence-electron chi connectivity index (χ2n) is 2.78. The van der Waals surface area contributed by atoms with Crippen LogP contribution < -0.4 is 5.73 Å². The topological polar surface area (TPSA) is 106 Å². The Morgan fingerprint density at radius 1 is 1.69 bits per heavy atom. The summed E-state index contributed by atoms with van der Waals surface area (Å²) in [4.78, 5) is 12.7. The summed E-state index contributed by atoms with van der Waals surface area (Å²) in [5.74, 6) is -0.880. The highest BCUT2D eigenvalue weighted by molar-refractivity contribution is 5.47. The lowest BCUT2D eigenvalue weighted by Crippen LogP contribution is -2.08. The Morgan fingerprint density at radius 3 is 2.69 bits per heavy atom. The minimum Gasteiger partial charge on any atom is -0.358 e. The molecule has 0 saturated carbocycles. The molecule has 84 valence electrons. The molecule has 16 heavy (non-hydrogen) atoms. The lowest BCUT2D eigenvalue weighted by Gasteiger charge is -2.03. The molecular formula is C8H6F2N4O2. The molecule has 1 heterocycles. The van der Waals surface area contributed by atoms with E-state index < -0.39 is 22.9 Å². The molecular weight excluding hydrogens is 222 g/mol. The number of nitrogens with two attached hydrogens (primary N) is 1. The number of alkyl halides is 2. The third kappa shape index (κ3) is 2.09. The highest BCUT2D eigenvalue weighted by Crippen LogP contribution is 2.26. The van der Waals surface area contributed by atoms with Gasteiger partial charge < -0.3 is 15.8 Å². The second kappa shape index (κ2) is 4.59. The average molecular weight is 228 g/mol. The highest BCUT2D eigenvalue weighted by Gasteiger charge is 2.26. The van der Waals surface area contributed by atoms with Gasteiger partial charge in [0.1, 0.15) is 11.6 Å². The van der Waals surface area contributed by atoms with Gasteiger partial charge in [0.2, 0.25) is 5.69 Å². The molecule has 0 aliphatic heterocycles. The first-order chi connectivity index (χ1) is 7.51. The van der Waals surface area contributed by atoms with Crippen LogP contribution in [0.1, 0.15) is 23.2 Å². The zero-order valence-electron chi connectivity index (χ0n) is 7.85. The van der Waals surface area contributed by atoms with Gasteiger partial charge in [-0.15, -0.1) is 0 Å². The minimum absolute atomic E-state index is 0.0721. The van der Waals surface area contributed by atoms with E-state index in [1.165, 1.54) is 6.07 Å². The smallest absolute Gasteiger partial charge is 0.358 e. The summed E-state index contributed by atoms with van der Waals surface area (Å²) < 4.78 is 24.9. The zero-order chi connectivity index (χ0) is 12.3. The van der Waals surface area contributed by atoms with Crippen molar-refractivity contribution >= 4 is 5.82 Å². The summed E-state index contributed by atoms with van der Waals surface area (Å²) in [6.45, 7) is -0.265. The number of hydrogen-bond acceptors (Lipinski definition) is 5. The van der Waals surface area contributed by atoms with Crippen LogP contribution in [-0.4, -0.2) is 9.91 Å². The lowest BCUT2D eigenvalue weighted by atomic mass is 10.1. The molecule has 8 heteroatoms. The molecule has 2 N–H and O–H groups in total. The molecule has 0 aliphatic carbocycles. The molecule has 0 aliphatic rings. The van der Waals surface area contributed by atoms with Crippen molar-refractivity contribution in [2.24, 2.45) is 5.73 Å². The molecule has 0 aromatic carbocycles. The molecule has 1 rings (SSSR count). The van der Waals surface area contributed by atoms with E-state index in [1.807, 2.05) is 0 Å². The van der Waals surface area contributed by atoms with Gasteiger partial charge >= 0.3 is 12.2 Å². The van der Waals surface area contributed by atoms with Gasteiger partial charge in [-0.25, -0.2) is 8.78 Å². The van der Waals surface area contributed by atoms with Gasteiger partial charge in [-0.1, -0.05) is 0 Å². The number of hydrogen-bond donors (Lipinski definition) is 1. The van der Waals surface area contributed by atoms with E-state index in [-0.39, 0.29) is 17.7 Å². The summed E-state index contributed by atoms with van der Waals surface area (Å²) in [6, 6.07) is 2.48. The molecule has 0 unspecified atom stereocenters. The van der Waals surface area contributed by atoms with Gasteiger partial charge in [0, 0.05) is 12.1 Å². The summed E-state index contributed by atoms with van der Waals surface area (Å²) >= 11 is 0. The summed E-state index contributed by atoms with van der Waals surface area (Å²) in [6.07, 6.45) is -2.97. The van der Waals surface area contributed by atoms with Gasteiger partial charge in [0.15, 0.2) is 0 Å². The molecule has 0 saturated heterocycles. The third-order valence-electron chi connectivity index (χ3n) is 1.83. The molecule has 6 nitrogen and oxygen atoms in total. The number of pyridine rings is 1. The fourth-order valence-electron chi connectivity index (χ4n) is 1.13. The number of nitro groups is 1. The van der Waals surface area contributed by atoms with Crippen LogP contribution in [-0.2, 0) is 6.54 Å². The monoisotopic (exact) mass is 228 g/mol. The summed E-state index contributed by atoms with van der Waals surface area (Å²) in [5.41, 5.74) is 3.98. The molecule has 1 aromatic heterocycles. The van der Waals surface area contributed by atoms with Crippen molar-refractivity contribution in [2.75, 3.05) is 0 Å². The molecule has 0 bridgehead atoms. The van der Waals surface area contributed by atoms with Gasteiger partial charge in [-0.05, 0) is 16.0 Å². The number of aromatic nitrogens is 1. The van der Waals surface area contributed by atoms with E-state index in [1.54, 1.807) is 0 Å². The first-order valence-electron chi connectivity index (χ1n) is 4.07. The van der Waals surface area contributed by atoms with Gasteiger partial charge in [0.25, 0.3) is 0 Å². The van der Waals surface area contributed by atoms with Crippen molar-refractivity contribution in [3.05, 3.63) is 33.0 Å². The summed E-state index contributed by atoms with van der Waals surface area (Å²) in [5, 5.41) is 19.1. The number of nitriles is 1. The lowest BCUT2D eigenvalue weighted by molar-refractivity contribution is -0.390. The first kappa shape index (κ1) is 11.9. The van der Waals surface area contributed by atoms with Crippen LogP contribution in [0.5, 0.6) is 0 Å². The van der Waals surface area contributed by atoms with Crippen LogP contribution in [0.2, 0.25) is 0 Å². The van der Waals surface area contributed by atoms with Crippen molar-refractivity contribution in [3.63, 3.8) is 0 Å². The minimum atomic E-state index is -2.97. The summed E-state index contributed by atoms with van der Waals surface area (Å²) in [7, 11) is 0. The zero-order valence-corrected chi connectivity index (χ0v) is 7.85. The predicted molar refractivity (Wildman–Crippen MR) is 48.5 cm³/mol. The SMILES string of the molecule is N#Cc1cc(CN)c(C(F)F)nc1[N+](=O)[O-]. The van der Waals surface area contributed by atoms with E-state index >= 15 is 0 Å². The predicted octanol–water partition coefficient (Wildman–Crippen LogP) is 1.26. The van der Waals surface area contributed by atoms with Crippen LogP contribution >= 0.6 is 0 Å². The van der Waals surface area contributed by atoms with E-state index in [2.05, 4.69) is 4.98 Å². The van der Waals surface area contributed by atoms with Crippen molar-refractivity contribution in [1.82, 2.24) is 4.98 Å². The number of halogens is 2. The molecule has 0 atom stereocenters. The third-order valence-corrected chi connectivity index (χ3v) is 1.83. The van der Waals surface area contributed by atoms with Crippen LogP contribution in [0.4, 0.5) is 14.6 Å². The maximum absolute atomic E-state index is 12.5. The van der Waals surface area contributed by atoms with Crippen molar-refractivity contribution < 1.29 is 13.7 Å². The van der Waals surface area contributed by atoms with E-state index in [0.29, 0.717) is 0 Å². The largest absolute Gasteiger partial charge is 0.381 e.